The van der Waals surface area contributed by atoms with E-state index in [2.05, 4.69) is 10.0 Å². The monoisotopic (exact) mass is 440 g/mol. The van der Waals surface area contributed by atoms with Crippen LogP contribution in [0.4, 0.5) is 11.4 Å². The van der Waals surface area contributed by atoms with Crippen molar-refractivity contribution in [3.05, 3.63) is 78.4 Å². The highest BCUT2D eigenvalue weighted by Crippen LogP contribution is 2.30. The molecule has 0 radical (unpaired) electrons. The summed E-state index contributed by atoms with van der Waals surface area (Å²) in [7, 11) is -3.76. The number of amides is 1. The number of ether oxygens (including phenoxy) is 2. The van der Waals surface area contributed by atoms with Crippen LogP contribution in [0.25, 0.3) is 0 Å². The van der Waals surface area contributed by atoms with Gasteiger partial charge in [0, 0.05) is 17.3 Å². The van der Waals surface area contributed by atoms with Crippen molar-refractivity contribution in [2.45, 2.75) is 18.7 Å². The lowest BCUT2D eigenvalue weighted by molar-refractivity contribution is 0.102. The van der Waals surface area contributed by atoms with Crippen LogP contribution < -0.4 is 19.5 Å². The third-order valence-electron chi connectivity index (χ3n) is 4.26. The molecule has 0 heterocycles. The second-order valence-corrected chi connectivity index (χ2v) is 8.16. The molecule has 3 rings (SSSR count). The molecule has 0 aliphatic carbocycles. The normalized spacial score (nSPS) is 10.9. The van der Waals surface area contributed by atoms with Crippen LogP contribution in [0.3, 0.4) is 0 Å². The zero-order valence-electron chi connectivity index (χ0n) is 17.3. The van der Waals surface area contributed by atoms with Crippen LogP contribution in [0.1, 0.15) is 24.2 Å². The molecule has 0 fully saturated rings. The molecule has 0 aliphatic rings. The summed E-state index contributed by atoms with van der Waals surface area (Å²) in [6.07, 6.45) is 0. The largest absolute Gasteiger partial charge is 0.494 e. The Hall–Kier alpha value is -3.52. The number of nitrogens with one attached hydrogen (secondary N) is 2. The summed E-state index contributed by atoms with van der Waals surface area (Å²) in [6.45, 7) is 4.66. The van der Waals surface area contributed by atoms with Gasteiger partial charge >= 0.3 is 0 Å². The maximum absolute atomic E-state index is 12.7. The molecule has 0 saturated carbocycles. The molecule has 1 amide bonds. The molecule has 0 bridgehead atoms. The first-order valence-electron chi connectivity index (χ1n) is 9.82. The molecule has 0 unspecified atom stereocenters. The Bertz CT molecular complexity index is 1130. The van der Waals surface area contributed by atoms with Crippen LogP contribution >= 0.6 is 0 Å². The van der Waals surface area contributed by atoms with Gasteiger partial charge in [-0.3, -0.25) is 9.52 Å². The van der Waals surface area contributed by atoms with E-state index in [-0.39, 0.29) is 4.90 Å². The Morgan fingerprint density at radius 2 is 1.55 bits per heavy atom. The SMILES string of the molecule is CCOc1ccc(OCC)c(NC(=O)c2ccc(S(=O)(=O)Nc3ccccc3)cc2)c1. The standard InChI is InChI=1S/C23H24N2O5S/c1-3-29-19-12-15-22(30-4-2)21(16-19)24-23(26)17-10-13-20(14-11-17)31(27,28)25-18-8-6-5-7-9-18/h5-16,25H,3-4H2,1-2H3,(H,24,26). The van der Waals surface area contributed by atoms with Gasteiger partial charge in [0.05, 0.1) is 23.8 Å². The first kappa shape index (κ1) is 22.2. The van der Waals surface area contributed by atoms with Gasteiger partial charge in [-0.1, -0.05) is 18.2 Å². The number of carbonyl (C=O) groups excluding carboxylic acids is 1. The van der Waals surface area contributed by atoms with Crippen molar-refractivity contribution in [3.63, 3.8) is 0 Å². The van der Waals surface area contributed by atoms with Crippen LogP contribution in [0.15, 0.2) is 77.7 Å². The molecular weight excluding hydrogens is 416 g/mol. The summed E-state index contributed by atoms with van der Waals surface area (Å²) in [6, 6.07) is 19.5. The molecule has 3 aromatic carbocycles. The first-order valence-corrected chi connectivity index (χ1v) is 11.3. The zero-order chi connectivity index (χ0) is 22.3. The Kier molecular flexibility index (Phi) is 7.15. The molecule has 3 aromatic rings. The third-order valence-corrected chi connectivity index (χ3v) is 5.66. The molecule has 31 heavy (non-hydrogen) atoms. The summed E-state index contributed by atoms with van der Waals surface area (Å²) in [5.74, 6) is 0.731. The number of hydrogen-bond donors (Lipinski definition) is 2. The quantitative estimate of drug-likeness (QED) is 0.510. The number of rotatable bonds is 9. The van der Waals surface area contributed by atoms with Crippen molar-refractivity contribution in [3.8, 4) is 11.5 Å². The summed E-state index contributed by atoms with van der Waals surface area (Å²) in [5.41, 5.74) is 1.24. The lowest BCUT2D eigenvalue weighted by Gasteiger charge is -2.14. The third kappa shape index (κ3) is 5.76. The van der Waals surface area contributed by atoms with Gasteiger partial charge in [-0.05, 0) is 62.4 Å². The van der Waals surface area contributed by atoms with Crippen molar-refractivity contribution >= 4 is 27.3 Å². The van der Waals surface area contributed by atoms with Gasteiger partial charge < -0.3 is 14.8 Å². The number of benzene rings is 3. The summed E-state index contributed by atoms with van der Waals surface area (Å²) in [5, 5.41) is 2.80. The van der Waals surface area contributed by atoms with E-state index in [0.717, 1.165) is 0 Å². The highest BCUT2D eigenvalue weighted by molar-refractivity contribution is 7.92. The molecule has 162 valence electrons. The van der Waals surface area contributed by atoms with E-state index in [0.29, 0.717) is 41.7 Å². The minimum absolute atomic E-state index is 0.0567. The highest BCUT2D eigenvalue weighted by atomic mass is 32.2. The van der Waals surface area contributed by atoms with Gasteiger partial charge in [0.15, 0.2) is 0 Å². The van der Waals surface area contributed by atoms with E-state index in [4.69, 9.17) is 9.47 Å². The maximum atomic E-state index is 12.7. The Labute approximate surface area is 182 Å². The minimum atomic E-state index is -3.76. The van der Waals surface area contributed by atoms with Crippen molar-refractivity contribution in [1.82, 2.24) is 0 Å². The predicted molar refractivity (Wildman–Crippen MR) is 120 cm³/mol. The first-order chi connectivity index (χ1) is 14.9. The molecule has 8 heteroatoms. The van der Waals surface area contributed by atoms with Gasteiger partial charge in [0.1, 0.15) is 11.5 Å². The molecule has 7 nitrogen and oxygen atoms in total. The number of carbonyl (C=O) groups is 1. The molecule has 0 aliphatic heterocycles. The van der Waals surface area contributed by atoms with Gasteiger partial charge in [-0.2, -0.15) is 0 Å². The van der Waals surface area contributed by atoms with Crippen LogP contribution in [0, 0.1) is 0 Å². The number of para-hydroxylation sites is 1. The highest BCUT2D eigenvalue weighted by Gasteiger charge is 2.16. The van der Waals surface area contributed by atoms with E-state index in [1.165, 1.54) is 24.3 Å². The summed E-state index contributed by atoms with van der Waals surface area (Å²) < 4.78 is 38.7. The summed E-state index contributed by atoms with van der Waals surface area (Å²) in [4.78, 5) is 12.8. The van der Waals surface area contributed by atoms with E-state index in [9.17, 15) is 13.2 Å². The predicted octanol–water partition coefficient (Wildman–Crippen LogP) is 4.54. The lowest BCUT2D eigenvalue weighted by atomic mass is 10.2. The van der Waals surface area contributed by atoms with Crippen LogP contribution in [0.2, 0.25) is 0 Å². The molecule has 2 N–H and O–H groups in total. The maximum Gasteiger partial charge on any atom is 0.261 e. The second-order valence-electron chi connectivity index (χ2n) is 6.47. The van der Waals surface area contributed by atoms with E-state index >= 15 is 0 Å². The number of anilines is 2. The molecule has 0 saturated heterocycles. The van der Waals surface area contributed by atoms with E-state index in [1.54, 1.807) is 48.5 Å². The lowest BCUT2D eigenvalue weighted by Crippen LogP contribution is -2.15. The Balaban J connectivity index is 1.77. The molecule has 0 aromatic heterocycles. The fraction of sp³-hybridized carbons (Fsp3) is 0.174. The van der Waals surface area contributed by atoms with Crippen molar-refractivity contribution in [2.75, 3.05) is 23.3 Å². The number of sulfonamides is 1. The summed E-state index contributed by atoms with van der Waals surface area (Å²) >= 11 is 0. The van der Waals surface area contributed by atoms with Crippen molar-refractivity contribution in [2.24, 2.45) is 0 Å². The fourth-order valence-electron chi connectivity index (χ4n) is 2.84. The molecule has 0 atom stereocenters. The van der Waals surface area contributed by atoms with Crippen LogP contribution in [0.5, 0.6) is 11.5 Å². The van der Waals surface area contributed by atoms with Gasteiger partial charge in [0.2, 0.25) is 0 Å². The topological polar surface area (TPSA) is 93.7 Å². The number of hydrogen-bond acceptors (Lipinski definition) is 5. The van der Waals surface area contributed by atoms with Crippen molar-refractivity contribution < 1.29 is 22.7 Å². The van der Waals surface area contributed by atoms with Crippen LogP contribution in [-0.4, -0.2) is 27.5 Å². The fourth-order valence-corrected chi connectivity index (χ4v) is 3.90. The minimum Gasteiger partial charge on any atom is -0.494 e. The molecular formula is C23H24N2O5S. The van der Waals surface area contributed by atoms with Gasteiger partial charge in [-0.25, -0.2) is 8.42 Å². The zero-order valence-corrected chi connectivity index (χ0v) is 18.1. The van der Waals surface area contributed by atoms with Crippen molar-refractivity contribution in [1.29, 1.82) is 0 Å². The van der Waals surface area contributed by atoms with Crippen LogP contribution in [-0.2, 0) is 10.0 Å². The second kappa shape index (κ2) is 9.99. The average Bonchev–Trinajstić information content (AvgIpc) is 2.76. The van der Waals surface area contributed by atoms with Gasteiger partial charge in [-0.15, -0.1) is 0 Å². The smallest absolute Gasteiger partial charge is 0.261 e. The van der Waals surface area contributed by atoms with E-state index in [1.807, 2.05) is 13.8 Å². The average molecular weight is 441 g/mol. The Morgan fingerprint density at radius 1 is 0.871 bits per heavy atom. The van der Waals surface area contributed by atoms with Gasteiger partial charge in [0.25, 0.3) is 15.9 Å². The molecule has 0 spiro atoms. The van der Waals surface area contributed by atoms with E-state index < -0.39 is 15.9 Å². The Morgan fingerprint density at radius 3 is 2.19 bits per heavy atom.